The zero-order valence-electron chi connectivity index (χ0n) is 19.9. The number of halogens is 9. The molecule has 0 unspecified atom stereocenters. The predicted octanol–water partition coefficient (Wildman–Crippen LogP) is 8.28. The van der Waals surface area contributed by atoms with Crippen molar-refractivity contribution in [1.29, 1.82) is 5.26 Å². The second kappa shape index (κ2) is 10.4. The SMILES string of the molecule is CCOC(=O)N1c2ccc(C(F)(F)F)cc2[C@@H]([C@@H](C#N)c2cc(C(F)(F)F)cc(C(F)(F)F)c2)C[C@H]1CC. The molecule has 0 spiro atoms. The Morgan fingerprint density at radius 3 is 1.95 bits per heavy atom. The van der Waals surface area contributed by atoms with Crippen LogP contribution in [0.1, 0.15) is 66.3 Å². The molecular formula is C25H21F9N2O2. The van der Waals surface area contributed by atoms with Gasteiger partial charge in [-0.1, -0.05) is 6.92 Å². The molecule has 206 valence electrons. The minimum atomic E-state index is -5.18. The van der Waals surface area contributed by atoms with Gasteiger partial charge in [0.25, 0.3) is 0 Å². The summed E-state index contributed by atoms with van der Waals surface area (Å²) in [6.07, 6.45) is -16.1. The second-order valence-electron chi connectivity index (χ2n) is 8.69. The van der Waals surface area contributed by atoms with Crippen molar-refractivity contribution < 1.29 is 49.0 Å². The van der Waals surface area contributed by atoms with Crippen molar-refractivity contribution >= 4 is 11.8 Å². The quantitative estimate of drug-likeness (QED) is 0.359. The Labute approximate surface area is 211 Å². The summed E-state index contributed by atoms with van der Waals surface area (Å²) in [4.78, 5) is 13.8. The molecule has 0 saturated heterocycles. The molecule has 0 aromatic heterocycles. The molecule has 2 aromatic rings. The molecule has 0 bridgehead atoms. The van der Waals surface area contributed by atoms with Crippen LogP contribution in [0.5, 0.6) is 0 Å². The van der Waals surface area contributed by atoms with Gasteiger partial charge in [0.05, 0.1) is 41.0 Å². The standard InChI is InChI=1S/C25H21F9N2O2/c1-3-17-11-18(19-10-14(23(26,27)28)5-6-21(19)36(17)22(37)38-4-2)20(12-35)13-7-15(24(29,30)31)9-16(8-13)25(32,33)34/h5-10,17-18,20H,3-4,11H2,1-2H3/t17-,18+,20+/m1/s1. The molecule has 0 fully saturated rings. The molecule has 1 amide bonds. The first-order valence-corrected chi connectivity index (χ1v) is 11.4. The molecular weight excluding hydrogens is 531 g/mol. The molecule has 2 aromatic carbocycles. The molecule has 13 heteroatoms. The number of hydrogen-bond acceptors (Lipinski definition) is 3. The maximum absolute atomic E-state index is 13.6. The fourth-order valence-electron chi connectivity index (χ4n) is 4.63. The predicted molar refractivity (Wildman–Crippen MR) is 117 cm³/mol. The summed E-state index contributed by atoms with van der Waals surface area (Å²) in [7, 11) is 0. The number of benzene rings is 2. The van der Waals surface area contributed by atoms with Crippen molar-refractivity contribution in [1.82, 2.24) is 0 Å². The first kappa shape index (κ1) is 29.1. The van der Waals surface area contributed by atoms with Crippen LogP contribution in [0.2, 0.25) is 0 Å². The van der Waals surface area contributed by atoms with Crippen LogP contribution in [0.25, 0.3) is 0 Å². The molecule has 1 heterocycles. The summed E-state index contributed by atoms with van der Waals surface area (Å²) in [5.41, 5.74) is -5.39. The maximum Gasteiger partial charge on any atom is 0.416 e. The van der Waals surface area contributed by atoms with Crippen LogP contribution in [0.15, 0.2) is 36.4 Å². The molecule has 1 aliphatic rings. The molecule has 4 nitrogen and oxygen atoms in total. The fourth-order valence-corrected chi connectivity index (χ4v) is 4.63. The Morgan fingerprint density at radius 2 is 1.50 bits per heavy atom. The van der Waals surface area contributed by atoms with Crippen molar-refractivity contribution in [2.45, 2.75) is 63.1 Å². The van der Waals surface area contributed by atoms with Gasteiger partial charge in [0.15, 0.2) is 0 Å². The van der Waals surface area contributed by atoms with Crippen molar-refractivity contribution in [3.05, 3.63) is 64.2 Å². The number of carbonyl (C=O) groups is 1. The third-order valence-electron chi connectivity index (χ3n) is 6.35. The number of fused-ring (bicyclic) bond motifs is 1. The van der Waals surface area contributed by atoms with Crippen molar-refractivity contribution in [2.24, 2.45) is 0 Å². The van der Waals surface area contributed by atoms with Crippen molar-refractivity contribution in [3.63, 3.8) is 0 Å². The van der Waals surface area contributed by atoms with Crippen LogP contribution in [0.4, 0.5) is 50.0 Å². The van der Waals surface area contributed by atoms with Gasteiger partial charge >= 0.3 is 24.6 Å². The maximum atomic E-state index is 13.6. The molecule has 0 aliphatic carbocycles. The van der Waals surface area contributed by atoms with E-state index in [1.54, 1.807) is 13.0 Å². The zero-order valence-corrected chi connectivity index (χ0v) is 19.9. The molecule has 38 heavy (non-hydrogen) atoms. The lowest BCUT2D eigenvalue weighted by Gasteiger charge is -2.41. The van der Waals surface area contributed by atoms with Crippen LogP contribution in [0, 0.1) is 11.3 Å². The molecule has 3 rings (SSSR count). The van der Waals surface area contributed by atoms with E-state index in [1.807, 2.05) is 0 Å². The van der Waals surface area contributed by atoms with E-state index in [0.29, 0.717) is 24.3 Å². The highest BCUT2D eigenvalue weighted by molar-refractivity contribution is 5.90. The second-order valence-corrected chi connectivity index (χ2v) is 8.69. The van der Waals surface area contributed by atoms with Crippen molar-refractivity contribution in [3.8, 4) is 6.07 Å². The van der Waals surface area contributed by atoms with E-state index in [1.165, 1.54) is 6.92 Å². The Morgan fingerprint density at radius 1 is 0.947 bits per heavy atom. The zero-order chi connectivity index (χ0) is 28.6. The summed E-state index contributed by atoms with van der Waals surface area (Å²) in [6, 6.07) is 4.02. The summed E-state index contributed by atoms with van der Waals surface area (Å²) in [6.45, 7) is 3.09. The topological polar surface area (TPSA) is 53.3 Å². The van der Waals surface area contributed by atoms with Gasteiger partial charge in [-0.15, -0.1) is 0 Å². The average Bonchev–Trinajstić information content (AvgIpc) is 2.82. The number of alkyl halides is 9. The Balaban J connectivity index is 2.28. The van der Waals surface area contributed by atoms with Crippen LogP contribution >= 0.6 is 0 Å². The van der Waals surface area contributed by atoms with Gasteiger partial charge in [0, 0.05) is 12.0 Å². The van der Waals surface area contributed by atoms with E-state index in [4.69, 9.17) is 4.74 Å². The molecule has 0 saturated carbocycles. The van der Waals surface area contributed by atoms with Crippen molar-refractivity contribution in [2.75, 3.05) is 11.5 Å². The van der Waals surface area contributed by atoms with E-state index < -0.39 is 64.8 Å². The summed E-state index contributed by atoms with van der Waals surface area (Å²) < 4.78 is 126. The van der Waals surface area contributed by atoms with Gasteiger partial charge in [0.2, 0.25) is 0 Å². The minimum Gasteiger partial charge on any atom is -0.449 e. The smallest absolute Gasteiger partial charge is 0.416 e. The monoisotopic (exact) mass is 552 g/mol. The number of ether oxygens (including phenoxy) is 1. The Bertz CT molecular complexity index is 1200. The van der Waals surface area contributed by atoms with Crippen LogP contribution in [0.3, 0.4) is 0 Å². The number of nitrogens with zero attached hydrogens (tertiary/aromatic N) is 2. The van der Waals surface area contributed by atoms with E-state index in [9.17, 15) is 49.6 Å². The summed E-state index contributed by atoms with van der Waals surface area (Å²) >= 11 is 0. The van der Waals surface area contributed by atoms with E-state index in [2.05, 4.69) is 0 Å². The summed E-state index contributed by atoms with van der Waals surface area (Å²) in [5, 5.41) is 9.95. The number of anilines is 1. The van der Waals surface area contributed by atoms with Crippen LogP contribution in [-0.2, 0) is 23.3 Å². The van der Waals surface area contributed by atoms with E-state index in [-0.39, 0.29) is 36.8 Å². The lowest BCUT2D eigenvalue weighted by molar-refractivity contribution is -0.143. The highest BCUT2D eigenvalue weighted by Crippen LogP contribution is 2.49. The average molecular weight is 552 g/mol. The van der Waals surface area contributed by atoms with Gasteiger partial charge in [-0.3, -0.25) is 4.90 Å². The lowest BCUT2D eigenvalue weighted by atomic mass is 9.74. The Hall–Kier alpha value is -3.43. The first-order valence-electron chi connectivity index (χ1n) is 11.4. The number of nitriles is 1. The molecule has 1 aliphatic heterocycles. The largest absolute Gasteiger partial charge is 0.449 e. The highest BCUT2D eigenvalue weighted by atomic mass is 19.4. The number of carbonyl (C=O) groups excluding carboxylic acids is 1. The van der Waals surface area contributed by atoms with E-state index >= 15 is 0 Å². The number of hydrogen-bond donors (Lipinski definition) is 0. The van der Waals surface area contributed by atoms with Gasteiger partial charge in [-0.05, 0) is 67.3 Å². The van der Waals surface area contributed by atoms with Gasteiger partial charge in [-0.25, -0.2) is 4.79 Å². The van der Waals surface area contributed by atoms with Gasteiger partial charge < -0.3 is 4.74 Å². The summed E-state index contributed by atoms with van der Waals surface area (Å²) in [5.74, 6) is -2.96. The highest BCUT2D eigenvalue weighted by Gasteiger charge is 2.43. The van der Waals surface area contributed by atoms with Gasteiger partial charge in [0.1, 0.15) is 0 Å². The third-order valence-corrected chi connectivity index (χ3v) is 6.35. The molecule has 3 atom stereocenters. The normalized spacial score (nSPS) is 18.9. The first-order chi connectivity index (χ1) is 17.5. The third kappa shape index (κ3) is 5.84. The Kier molecular flexibility index (Phi) is 7.96. The fraction of sp³-hybridized carbons (Fsp3) is 0.440. The lowest BCUT2D eigenvalue weighted by Crippen LogP contribution is -2.45. The number of amides is 1. The number of rotatable bonds is 4. The molecule has 0 radical (unpaired) electrons. The van der Waals surface area contributed by atoms with E-state index in [0.717, 1.165) is 11.0 Å². The van der Waals surface area contributed by atoms with Crippen LogP contribution < -0.4 is 4.90 Å². The van der Waals surface area contributed by atoms with Gasteiger partial charge in [-0.2, -0.15) is 44.8 Å². The minimum absolute atomic E-state index is 0.0591. The molecule has 0 N–H and O–H groups in total. The van der Waals surface area contributed by atoms with Crippen LogP contribution in [-0.4, -0.2) is 18.7 Å².